The zero-order valence-electron chi connectivity index (χ0n) is 13.9. The standard InChI is InChI=1S/C16H18N4O4/c1-9-10(2)12(4)14(11(9)3)8-17-18-15-6-5-13(19(21)22)7-16(15)20(23)24/h5-7,9H,8H2,1-4H3. The molecule has 0 N–H and O–H groups in total. The second-order valence-corrected chi connectivity index (χ2v) is 5.78. The van der Waals surface area contributed by atoms with Gasteiger partial charge in [-0.2, -0.15) is 5.11 Å². The Balaban J connectivity index is 2.27. The molecule has 8 heteroatoms. The number of allylic oxidation sites excluding steroid dienone is 2. The summed E-state index contributed by atoms with van der Waals surface area (Å²) in [4.78, 5) is 20.4. The molecule has 1 aromatic carbocycles. The van der Waals surface area contributed by atoms with Crippen LogP contribution in [0.3, 0.4) is 0 Å². The lowest BCUT2D eigenvalue weighted by molar-refractivity contribution is -0.393. The predicted octanol–water partition coefficient (Wildman–Crippen LogP) is 4.89. The van der Waals surface area contributed by atoms with Crippen molar-refractivity contribution in [2.75, 3.05) is 6.54 Å². The van der Waals surface area contributed by atoms with Crippen molar-refractivity contribution in [2.24, 2.45) is 16.1 Å². The molecular weight excluding hydrogens is 312 g/mol. The second kappa shape index (κ2) is 6.69. The molecule has 2 rings (SSSR count). The van der Waals surface area contributed by atoms with Crippen molar-refractivity contribution in [1.82, 2.24) is 0 Å². The van der Waals surface area contributed by atoms with E-state index in [4.69, 9.17) is 0 Å². The van der Waals surface area contributed by atoms with Gasteiger partial charge in [-0.15, -0.1) is 5.11 Å². The van der Waals surface area contributed by atoms with Crippen molar-refractivity contribution in [3.8, 4) is 0 Å². The number of nitrogens with zero attached hydrogens (tertiary/aromatic N) is 4. The Labute approximate surface area is 138 Å². The van der Waals surface area contributed by atoms with E-state index in [-0.39, 0.29) is 11.4 Å². The minimum absolute atomic E-state index is 0.00764. The molecule has 24 heavy (non-hydrogen) atoms. The first-order chi connectivity index (χ1) is 11.2. The van der Waals surface area contributed by atoms with Crippen molar-refractivity contribution in [3.05, 3.63) is 60.7 Å². The first-order valence-electron chi connectivity index (χ1n) is 7.41. The maximum Gasteiger partial charge on any atom is 0.303 e. The molecule has 0 fully saturated rings. The van der Waals surface area contributed by atoms with Crippen molar-refractivity contribution < 1.29 is 9.85 Å². The fraction of sp³-hybridized carbons (Fsp3) is 0.375. The Morgan fingerprint density at radius 2 is 1.75 bits per heavy atom. The molecule has 1 unspecified atom stereocenters. The van der Waals surface area contributed by atoms with Gasteiger partial charge >= 0.3 is 5.69 Å². The third kappa shape index (κ3) is 3.22. The maximum atomic E-state index is 11.1. The second-order valence-electron chi connectivity index (χ2n) is 5.78. The molecule has 1 aliphatic rings. The van der Waals surface area contributed by atoms with Crippen molar-refractivity contribution >= 4 is 17.1 Å². The summed E-state index contributed by atoms with van der Waals surface area (Å²) in [6.45, 7) is 8.60. The topological polar surface area (TPSA) is 111 Å². The van der Waals surface area contributed by atoms with Gasteiger partial charge in [-0.25, -0.2) is 0 Å². The van der Waals surface area contributed by atoms with Crippen LogP contribution in [0.4, 0.5) is 17.1 Å². The van der Waals surface area contributed by atoms with Crippen LogP contribution < -0.4 is 0 Å². The van der Waals surface area contributed by atoms with Gasteiger partial charge in [0.2, 0.25) is 0 Å². The van der Waals surface area contributed by atoms with E-state index in [9.17, 15) is 20.2 Å². The fourth-order valence-corrected chi connectivity index (χ4v) is 2.73. The van der Waals surface area contributed by atoms with Crippen LogP contribution in [0.1, 0.15) is 27.7 Å². The first-order valence-corrected chi connectivity index (χ1v) is 7.41. The lowest BCUT2D eigenvalue weighted by atomic mass is 10.00. The van der Waals surface area contributed by atoms with Crippen LogP contribution in [0.15, 0.2) is 50.7 Å². The predicted molar refractivity (Wildman–Crippen MR) is 89.4 cm³/mol. The molecule has 1 aromatic rings. The van der Waals surface area contributed by atoms with Gasteiger partial charge in [-0.1, -0.05) is 18.1 Å². The van der Waals surface area contributed by atoms with Gasteiger partial charge < -0.3 is 0 Å². The maximum absolute atomic E-state index is 11.1. The van der Waals surface area contributed by atoms with E-state index < -0.39 is 15.5 Å². The number of hydrogen-bond donors (Lipinski definition) is 0. The molecule has 0 aliphatic heterocycles. The summed E-state index contributed by atoms with van der Waals surface area (Å²) >= 11 is 0. The largest absolute Gasteiger partial charge is 0.303 e. The van der Waals surface area contributed by atoms with E-state index in [0.29, 0.717) is 12.5 Å². The van der Waals surface area contributed by atoms with E-state index in [0.717, 1.165) is 11.6 Å². The summed E-state index contributed by atoms with van der Waals surface area (Å²) in [5.41, 5.74) is 4.01. The summed E-state index contributed by atoms with van der Waals surface area (Å²) in [6.07, 6.45) is 0. The van der Waals surface area contributed by atoms with Gasteiger partial charge in [0.25, 0.3) is 5.69 Å². The summed E-state index contributed by atoms with van der Waals surface area (Å²) in [7, 11) is 0. The lowest BCUT2D eigenvalue weighted by Gasteiger charge is -2.06. The van der Waals surface area contributed by atoms with E-state index >= 15 is 0 Å². The molecule has 0 radical (unpaired) electrons. The highest BCUT2D eigenvalue weighted by atomic mass is 16.6. The molecular formula is C16H18N4O4. The van der Waals surface area contributed by atoms with E-state index in [2.05, 4.69) is 24.1 Å². The number of benzene rings is 1. The van der Waals surface area contributed by atoms with Crippen LogP contribution in [0.25, 0.3) is 0 Å². The molecule has 0 saturated heterocycles. The van der Waals surface area contributed by atoms with Gasteiger partial charge in [0.15, 0.2) is 5.69 Å². The molecule has 0 bridgehead atoms. The summed E-state index contributed by atoms with van der Waals surface area (Å²) < 4.78 is 0. The number of nitro benzene ring substituents is 2. The first kappa shape index (κ1) is 17.5. The molecule has 0 spiro atoms. The highest BCUT2D eigenvalue weighted by Crippen LogP contribution is 2.37. The number of hydrogen-bond acceptors (Lipinski definition) is 6. The van der Waals surface area contributed by atoms with Crippen molar-refractivity contribution in [2.45, 2.75) is 27.7 Å². The van der Waals surface area contributed by atoms with Crippen LogP contribution in [0.5, 0.6) is 0 Å². The van der Waals surface area contributed by atoms with Crippen molar-refractivity contribution in [3.63, 3.8) is 0 Å². The minimum atomic E-state index is -0.696. The zero-order chi connectivity index (χ0) is 18.0. The zero-order valence-corrected chi connectivity index (χ0v) is 13.9. The molecule has 0 amide bonds. The van der Waals surface area contributed by atoms with E-state index in [1.807, 2.05) is 13.8 Å². The molecule has 1 aliphatic carbocycles. The molecule has 8 nitrogen and oxygen atoms in total. The van der Waals surface area contributed by atoms with Crippen molar-refractivity contribution in [1.29, 1.82) is 0 Å². The van der Waals surface area contributed by atoms with Gasteiger partial charge in [0.1, 0.15) is 0 Å². The van der Waals surface area contributed by atoms with Gasteiger partial charge in [-0.3, -0.25) is 20.2 Å². The summed E-state index contributed by atoms with van der Waals surface area (Å²) in [5.74, 6) is 0.365. The SMILES string of the molecule is CC1=C(C)C(C)C(C)=C1CN=Nc1ccc([N+](=O)[O-])cc1[N+](=O)[O-]. The van der Waals surface area contributed by atoms with Crippen LogP contribution in [0, 0.1) is 26.1 Å². The Morgan fingerprint density at radius 1 is 1.08 bits per heavy atom. The number of azo groups is 1. The molecule has 1 atom stereocenters. The van der Waals surface area contributed by atoms with E-state index in [1.54, 1.807) is 0 Å². The highest BCUT2D eigenvalue weighted by molar-refractivity contribution is 5.61. The Kier molecular flexibility index (Phi) is 4.87. The summed E-state index contributed by atoms with van der Waals surface area (Å²) in [5, 5.41) is 29.8. The lowest BCUT2D eigenvalue weighted by Crippen LogP contribution is -1.94. The smallest absolute Gasteiger partial charge is 0.258 e. The highest BCUT2D eigenvalue weighted by Gasteiger charge is 2.23. The number of nitro groups is 2. The summed E-state index contributed by atoms with van der Waals surface area (Å²) in [6, 6.07) is 3.32. The van der Waals surface area contributed by atoms with Crippen LogP contribution in [-0.2, 0) is 0 Å². The fourth-order valence-electron chi connectivity index (χ4n) is 2.73. The average molecular weight is 330 g/mol. The number of non-ortho nitro benzene ring substituents is 1. The van der Waals surface area contributed by atoms with E-state index in [1.165, 1.54) is 28.9 Å². The molecule has 126 valence electrons. The third-order valence-electron chi connectivity index (χ3n) is 4.59. The van der Waals surface area contributed by atoms with Gasteiger partial charge in [-0.05, 0) is 43.9 Å². The van der Waals surface area contributed by atoms with Crippen LogP contribution >= 0.6 is 0 Å². The Morgan fingerprint density at radius 3 is 2.25 bits per heavy atom. The molecule has 0 saturated carbocycles. The normalized spacial score (nSPS) is 17.9. The average Bonchev–Trinajstić information content (AvgIpc) is 2.72. The minimum Gasteiger partial charge on any atom is -0.258 e. The molecule has 0 heterocycles. The van der Waals surface area contributed by atoms with Crippen LogP contribution in [-0.4, -0.2) is 16.4 Å². The Bertz CT molecular complexity index is 808. The quantitative estimate of drug-likeness (QED) is 0.434. The monoisotopic (exact) mass is 330 g/mol. The van der Waals surface area contributed by atoms with Crippen LogP contribution in [0.2, 0.25) is 0 Å². The third-order valence-corrected chi connectivity index (χ3v) is 4.59. The van der Waals surface area contributed by atoms with Gasteiger partial charge in [0.05, 0.1) is 22.5 Å². The molecule has 0 aromatic heterocycles. The number of rotatable bonds is 5. The van der Waals surface area contributed by atoms with Gasteiger partial charge in [0, 0.05) is 6.07 Å². The Hall–Kier alpha value is -2.90.